The van der Waals surface area contributed by atoms with E-state index in [0.29, 0.717) is 18.7 Å². The molecule has 1 saturated heterocycles. The van der Waals surface area contributed by atoms with Crippen molar-refractivity contribution in [2.24, 2.45) is 0 Å². The summed E-state index contributed by atoms with van der Waals surface area (Å²) in [5.41, 5.74) is 0.565. The van der Waals surface area contributed by atoms with Crippen LogP contribution in [-0.2, 0) is 4.79 Å². The van der Waals surface area contributed by atoms with Gasteiger partial charge in [0.25, 0.3) is 5.91 Å². The van der Waals surface area contributed by atoms with Crippen molar-refractivity contribution in [1.82, 2.24) is 10.2 Å². The highest BCUT2D eigenvalue weighted by Gasteiger charge is 2.28. The van der Waals surface area contributed by atoms with Crippen molar-refractivity contribution in [2.45, 2.75) is 6.04 Å². The molecule has 96 valence electrons. The van der Waals surface area contributed by atoms with Crippen LogP contribution in [0.5, 0.6) is 0 Å². The molecule has 2 N–H and O–H groups in total. The van der Waals surface area contributed by atoms with Crippen LogP contribution in [0, 0.1) is 0 Å². The fraction of sp³-hybridized carbons (Fsp3) is 0.333. The van der Waals surface area contributed by atoms with Crippen molar-refractivity contribution in [2.75, 3.05) is 19.6 Å². The molecule has 1 amide bonds. The second-order valence-electron chi connectivity index (χ2n) is 4.11. The van der Waals surface area contributed by atoms with E-state index >= 15 is 0 Å². The van der Waals surface area contributed by atoms with E-state index in [2.05, 4.69) is 21.2 Å². The smallest absolute Gasteiger partial charge is 0.322 e. The molecule has 0 saturated carbocycles. The standard InChI is InChI=1S/C12H13BrN2O3/c13-9-3-1-2-8(6-9)11(16)15-5-4-14-10(7-15)12(17)18/h1-3,6,10,14H,4-5,7H2,(H,17,18). The highest BCUT2D eigenvalue weighted by atomic mass is 79.9. The van der Waals surface area contributed by atoms with Crippen LogP contribution in [0.4, 0.5) is 0 Å². The van der Waals surface area contributed by atoms with Crippen molar-refractivity contribution in [3.63, 3.8) is 0 Å². The van der Waals surface area contributed by atoms with E-state index < -0.39 is 12.0 Å². The number of carboxylic acid groups (broad SMARTS) is 1. The van der Waals surface area contributed by atoms with Gasteiger partial charge in [-0.3, -0.25) is 9.59 Å². The molecule has 18 heavy (non-hydrogen) atoms. The number of hydrogen-bond donors (Lipinski definition) is 2. The second-order valence-corrected chi connectivity index (χ2v) is 5.02. The zero-order valence-corrected chi connectivity index (χ0v) is 11.2. The number of hydrogen-bond acceptors (Lipinski definition) is 3. The van der Waals surface area contributed by atoms with Crippen LogP contribution in [0.2, 0.25) is 0 Å². The Morgan fingerprint density at radius 2 is 2.22 bits per heavy atom. The Labute approximate surface area is 113 Å². The van der Waals surface area contributed by atoms with Gasteiger partial charge >= 0.3 is 5.97 Å². The summed E-state index contributed by atoms with van der Waals surface area (Å²) in [4.78, 5) is 24.7. The summed E-state index contributed by atoms with van der Waals surface area (Å²) in [6.07, 6.45) is 0. The van der Waals surface area contributed by atoms with E-state index in [1.54, 1.807) is 23.1 Å². The maximum absolute atomic E-state index is 12.2. The van der Waals surface area contributed by atoms with Gasteiger partial charge in [0.1, 0.15) is 6.04 Å². The van der Waals surface area contributed by atoms with E-state index in [4.69, 9.17) is 5.11 Å². The number of amides is 1. The van der Waals surface area contributed by atoms with Gasteiger partial charge in [0.05, 0.1) is 0 Å². The fourth-order valence-corrected chi connectivity index (χ4v) is 2.30. The van der Waals surface area contributed by atoms with E-state index in [-0.39, 0.29) is 12.5 Å². The summed E-state index contributed by atoms with van der Waals surface area (Å²) in [6, 6.07) is 6.41. The highest BCUT2D eigenvalue weighted by Crippen LogP contribution is 2.14. The van der Waals surface area contributed by atoms with Crippen LogP contribution < -0.4 is 5.32 Å². The van der Waals surface area contributed by atoms with Crippen molar-refractivity contribution < 1.29 is 14.7 Å². The topological polar surface area (TPSA) is 69.6 Å². The van der Waals surface area contributed by atoms with Crippen LogP contribution in [-0.4, -0.2) is 47.6 Å². The first-order chi connectivity index (χ1) is 8.58. The lowest BCUT2D eigenvalue weighted by atomic mass is 10.1. The van der Waals surface area contributed by atoms with Gasteiger partial charge < -0.3 is 15.3 Å². The molecule has 1 aromatic carbocycles. The normalized spacial score (nSPS) is 19.6. The van der Waals surface area contributed by atoms with Crippen molar-refractivity contribution >= 4 is 27.8 Å². The SMILES string of the molecule is O=C(O)C1CN(C(=O)c2cccc(Br)c2)CCN1. The van der Waals surface area contributed by atoms with Gasteiger partial charge in [-0.15, -0.1) is 0 Å². The van der Waals surface area contributed by atoms with E-state index in [9.17, 15) is 9.59 Å². The molecule has 1 fully saturated rings. The molecule has 6 heteroatoms. The minimum atomic E-state index is -0.929. The molecule has 0 radical (unpaired) electrons. The molecule has 2 rings (SSSR count). The van der Waals surface area contributed by atoms with Gasteiger partial charge in [0, 0.05) is 29.7 Å². The first-order valence-electron chi connectivity index (χ1n) is 5.59. The molecule has 1 unspecified atom stereocenters. The van der Waals surface area contributed by atoms with Gasteiger partial charge in [0.2, 0.25) is 0 Å². The Morgan fingerprint density at radius 1 is 1.44 bits per heavy atom. The summed E-state index contributed by atoms with van der Waals surface area (Å²) in [5, 5.41) is 11.8. The third kappa shape index (κ3) is 2.88. The van der Waals surface area contributed by atoms with Gasteiger partial charge in [-0.2, -0.15) is 0 Å². The van der Waals surface area contributed by atoms with Gasteiger partial charge in [-0.1, -0.05) is 22.0 Å². The molecule has 0 aromatic heterocycles. The zero-order chi connectivity index (χ0) is 13.1. The molecule has 0 spiro atoms. The lowest BCUT2D eigenvalue weighted by Gasteiger charge is -2.31. The lowest BCUT2D eigenvalue weighted by Crippen LogP contribution is -2.55. The molecular formula is C12H13BrN2O3. The molecule has 1 atom stereocenters. The maximum Gasteiger partial charge on any atom is 0.322 e. The third-order valence-corrected chi connectivity index (χ3v) is 3.33. The number of carboxylic acids is 1. The Balaban J connectivity index is 2.11. The van der Waals surface area contributed by atoms with Crippen LogP contribution >= 0.6 is 15.9 Å². The van der Waals surface area contributed by atoms with Crippen LogP contribution in [0.25, 0.3) is 0 Å². The molecule has 5 nitrogen and oxygen atoms in total. The van der Waals surface area contributed by atoms with Crippen molar-refractivity contribution in [3.8, 4) is 0 Å². The van der Waals surface area contributed by atoms with E-state index in [1.165, 1.54) is 0 Å². The monoisotopic (exact) mass is 312 g/mol. The first-order valence-corrected chi connectivity index (χ1v) is 6.38. The van der Waals surface area contributed by atoms with Crippen molar-refractivity contribution in [1.29, 1.82) is 0 Å². The highest BCUT2D eigenvalue weighted by molar-refractivity contribution is 9.10. The molecule has 0 aliphatic carbocycles. The number of rotatable bonds is 2. The molecule has 1 aromatic rings. The summed E-state index contributed by atoms with van der Waals surface area (Å²) in [5.74, 6) is -1.06. The Morgan fingerprint density at radius 3 is 2.89 bits per heavy atom. The van der Waals surface area contributed by atoms with Gasteiger partial charge in [-0.05, 0) is 18.2 Å². The minimum absolute atomic E-state index is 0.135. The van der Waals surface area contributed by atoms with E-state index in [1.807, 2.05) is 6.07 Å². The number of nitrogens with one attached hydrogen (secondary N) is 1. The number of carbonyl (C=O) groups excluding carboxylic acids is 1. The number of carbonyl (C=O) groups is 2. The number of nitrogens with zero attached hydrogens (tertiary/aromatic N) is 1. The van der Waals surface area contributed by atoms with Gasteiger partial charge in [-0.25, -0.2) is 0 Å². The van der Waals surface area contributed by atoms with Gasteiger partial charge in [0.15, 0.2) is 0 Å². The first kappa shape index (κ1) is 13.0. The van der Waals surface area contributed by atoms with Crippen LogP contribution in [0.15, 0.2) is 28.7 Å². The number of halogens is 1. The summed E-state index contributed by atoms with van der Waals surface area (Å²) in [7, 11) is 0. The predicted octanol–water partition coefficient (Wildman–Crippen LogP) is 0.948. The number of piperazine rings is 1. The second kappa shape index (κ2) is 5.49. The van der Waals surface area contributed by atoms with E-state index in [0.717, 1.165) is 4.47 Å². The minimum Gasteiger partial charge on any atom is -0.480 e. The quantitative estimate of drug-likeness (QED) is 0.853. The molecule has 1 heterocycles. The third-order valence-electron chi connectivity index (χ3n) is 2.83. The summed E-state index contributed by atoms with van der Waals surface area (Å²) < 4.78 is 0.832. The molecule has 1 aliphatic heterocycles. The maximum atomic E-state index is 12.2. The molecule has 1 aliphatic rings. The van der Waals surface area contributed by atoms with Crippen LogP contribution in [0.3, 0.4) is 0 Å². The fourth-order valence-electron chi connectivity index (χ4n) is 1.90. The average molecular weight is 313 g/mol. The molecule has 0 bridgehead atoms. The summed E-state index contributed by atoms with van der Waals surface area (Å²) in [6.45, 7) is 1.21. The van der Waals surface area contributed by atoms with Crippen LogP contribution in [0.1, 0.15) is 10.4 Å². The Kier molecular flexibility index (Phi) is 3.98. The number of benzene rings is 1. The molecular weight excluding hydrogens is 300 g/mol. The summed E-state index contributed by atoms with van der Waals surface area (Å²) >= 11 is 3.31. The Bertz CT molecular complexity index is 478. The lowest BCUT2D eigenvalue weighted by molar-refractivity contribution is -0.140. The largest absolute Gasteiger partial charge is 0.480 e. The predicted molar refractivity (Wildman–Crippen MR) is 69.5 cm³/mol. The van der Waals surface area contributed by atoms with Crippen molar-refractivity contribution in [3.05, 3.63) is 34.3 Å². The zero-order valence-electron chi connectivity index (χ0n) is 9.60. The Hall–Kier alpha value is -1.40. The number of aliphatic carboxylic acids is 1. The average Bonchev–Trinajstić information content (AvgIpc) is 2.38.